The number of aryl methyl sites for hydroxylation is 1. The number of pyridine rings is 1. The van der Waals surface area contributed by atoms with Gasteiger partial charge >= 0.3 is 0 Å². The van der Waals surface area contributed by atoms with E-state index in [-0.39, 0.29) is 0 Å². The quantitative estimate of drug-likeness (QED) is 0.289. The summed E-state index contributed by atoms with van der Waals surface area (Å²) in [5.74, 6) is 0. The largest absolute Gasteiger partial charge is 0.379 e. The lowest BCUT2D eigenvalue weighted by Crippen LogP contribution is -2.37. The molecule has 2 heterocycles. The fourth-order valence-electron chi connectivity index (χ4n) is 5.96. The molecule has 1 unspecified atom stereocenters. The Morgan fingerprint density at radius 2 is 1.24 bits per heavy atom. The first kappa shape index (κ1) is 23.4. The Hall–Kier alpha value is -4.02. The van der Waals surface area contributed by atoms with Crippen LogP contribution in [0.15, 0.2) is 116 Å². The van der Waals surface area contributed by atoms with Crippen LogP contribution in [0.3, 0.4) is 0 Å². The third-order valence-electron chi connectivity index (χ3n) is 7.80. The van der Waals surface area contributed by atoms with Crippen LogP contribution in [0.2, 0.25) is 0 Å². The van der Waals surface area contributed by atoms with Crippen molar-refractivity contribution in [3.63, 3.8) is 0 Å². The Balaban J connectivity index is 1.57. The van der Waals surface area contributed by atoms with Gasteiger partial charge in [0, 0.05) is 18.1 Å². The van der Waals surface area contributed by atoms with Crippen molar-refractivity contribution in [3.05, 3.63) is 155 Å². The molecule has 4 heteroatoms. The number of rotatable bonds is 6. The molecule has 0 fully saturated rings. The molecule has 184 valence electrons. The Labute approximate surface area is 218 Å². The summed E-state index contributed by atoms with van der Waals surface area (Å²) >= 11 is 0. The molecule has 0 spiro atoms. The minimum Gasteiger partial charge on any atom is -0.379 e. The SMILES string of the molecule is CC(O)(c1cn(C(c2ccccc2)(c2ccccc2)c2ccccc2)cn1)c1ccnc2c1CCCC2. The summed E-state index contributed by atoms with van der Waals surface area (Å²) in [6, 6.07) is 33.5. The molecule has 5 aromatic rings. The first-order chi connectivity index (χ1) is 18.1. The molecule has 37 heavy (non-hydrogen) atoms. The van der Waals surface area contributed by atoms with Crippen LogP contribution in [0.25, 0.3) is 0 Å². The van der Waals surface area contributed by atoms with Crippen LogP contribution in [0.1, 0.15) is 59.0 Å². The number of nitrogens with zero attached hydrogens (tertiary/aromatic N) is 3. The van der Waals surface area contributed by atoms with Gasteiger partial charge in [0.15, 0.2) is 0 Å². The van der Waals surface area contributed by atoms with E-state index in [1.165, 1.54) is 5.56 Å². The van der Waals surface area contributed by atoms with Gasteiger partial charge in [-0.15, -0.1) is 0 Å². The van der Waals surface area contributed by atoms with Crippen LogP contribution in [0.5, 0.6) is 0 Å². The van der Waals surface area contributed by atoms with Crippen molar-refractivity contribution >= 4 is 0 Å². The third-order valence-corrected chi connectivity index (χ3v) is 7.80. The molecule has 1 aliphatic rings. The number of imidazole rings is 1. The summed E-state index contributed by atoms with van der Waals surface area (Å²) in [4.78, 5) is 9.46. The average molecular weight is 486 g/mol. The lowest BCUT2D eigenvalue weighted by atomic mass is 9.76. The first-order valence-corrected chi connectivity index (χ1v) is 13.0. The summed E-state index contributed by atoms with van der Waals surface area (Å²) in [6.45, 7) is 1.86. The summed E-state index contributed by atoms with van der Waals surface area (Å²) < 4.78 is 2.16. The van der Waals surface area contributed by atoms with Crippen molar-refractivity contribution in [2.45, 2.75) is 43.7 Å². The molecule has 1 atom stereocenters. The Morgan fingerprint density at radius 1 is 0.703 bits per heavy atom. The Bertz CT molecular complexity index is 1390. The van der Waals surface area contributed by atoms with E-state index in [4.69, 9.17) is 4.98 Å². The maximum Gasteiger partial charge on any atom is 0.131 e. The summed E-state index contributed by atoms with van der Waals surface area (Å²) in [7, 11) is 0. The second-order valence-corrected chi connectivity index (χ2v) is 10.0. The number of aromatic nitrogens is 3. The van der Waals surface area contributed by atoms with E-state index >= 15 is 0 Å². The van der Waals surface area contributed by atoms with Gasteiger partial charge in [-0.2, -0.15) is 0 Å². The summed E-state index contributed by atoms with van der Waals surface area (Å²) in [6.07, 6.45) is 9.88. The van der Waals surface area contributed by atoms with Gasteiger partial charge in [0.1, 0.15) is 11.1 Å². The highest BCUT2D eigenvalue weighted by molar-refractivity contribution is 5.51. The predicted molar refractivity (Wildman–Crippen MR) is 146 cm³/mol. The monoisotopic (exact) mass is 485 g/mol. The van der Waals surface area contributed by atoms with Crippen molar-refractivity contribution in [2.24, 2.45) is 0 Å². The molecule has 1 aliphatic carbocycles. The van der Waals surface area contributed by atoms with Gasteiger partial charge in [0.25, 0.3) is 0 Å². The number of benzene rings is 3. The molecule has 0 amide bonds. The van der Waals surface area contributed by atoms with Crippen molar-refractivity contribution in [1.29, 1.82) is 0 Å². The van der Waals surface area contributed by atoms with Crippen molar-refractivity contribution in [3.8, 4) is 0 Å². The standard InChI is InChI=1S/C33H31N3O/c1-32(37,29-21-22-34-30-20-12-11-19-28(29)30)31-23-36(24-35-31)33(25-13-5-2-6-14-25,26-15-7-3-8-16-26)27-17-9-4-10-18-27/h2-10,13-18,21-24,37H,11-12,19-20H2,1H3. The van der Waals surface area contributed by atoms with Crippen molar-refractivity contribution < 1.29 is 5.11 Å². The predicted octanol–water partition coefficient (Wildman–Crippen LogP) is 6.25. The molecule has 1 N–H and O–H groups in total. The fraction of sp³-hybridized carbons (Fsp3) is 0.212. The topological polar surface area (TPSA) is 50.9 Å². The Morgan fingerprint density at radius 3 is 1.81 bits per heavy atom. The van der Waals surface area contributed by atoms with Gasteiger partial charge in [0.05, 0.1) is 12.0 Å². The zero-order valence-electron chi connectivity index (χ0n) is 21.1. The highest BCUT2D eigenvalue weighted by Crippen LogP contribution is 2.42. The maximum absolute atomic E-state index is 12.0. The minimum atomic E-state index is -1.24. The van der Waals surface area contributed by atoms with Gasteiger partial charge in [-0.25, -0.2) is 4.98 Å². The van der Waals surface area contributed by atoms with E-state index in [2.05, 4.69) is 82.3 Å². The van der Waals surface area contributed by atoms with E-state index in [1.54, 1.807) is 0 Å². The van der Waals surface area contributed by atoms with Gasteiger partial charge < -0.3 is 9.67 Å². The Kier molecular flexibility index (Phi) is 5.97. The fourth-order valence-corrected chi connectivity index (χ4v) is 5.96. The van der Waals surface area contributed by atoms with Gasteiger partial charge in [-0.3, -0.25) is 4.98 Å². The van der Waals surface area contributed by atoms with Crippen LogP contribution >= 0.6 is 0 Å². The third kappa shape index (κ3) is 3.89. The molecule has 3 aromatic carbocycles. The zero-order valence-corrected chi connectivity index (χ0v) is 21.1. The average Bonchev–Trinajstić information content (AvgIpc) is 3.47. The normalized spacial score (nSPS) is 15.1. The number of hydrogen-bond donors (Lipinski definition) is 1. The molecule has 0 saturated heterocycles. The van der Waals surface area contributed by atoms with Crippen LogP contribution in [0.4, 0.5) is 0 Å². The molecule has 0 bridgehead atoms. The molecule has 0 radical (unpaired) electrons. The molecule has 0 saturated carbocycles. The van der Waals surface area contributed by atoms with E-state index in [1.807, 2.05) is 49.9 Å². The number of fused-ring (bicyclic) bond motifs is 1. The van der Waals surface area contributed by atoms with Crippen LogP contribution < -0.4 is 0 Å². The van der Waals surface area contributed by atoms with Gasteiger partial charge in [-0.05, 0) is 66.5 Å². The molecule has 6 rings (SSSR count). The minimum absolute atomic E-state index is 0.624. The molecule has 0 aliphatic heterocycles. The second-order valence-electron chi connectivity index (χ2n) is 10.0. The molecular weight excluding hydrogens is 454 g/mol. The smallest absolute Gasteiger partial charge is 0.131 e. The molecule has 2 aromatic heterocycles. The number of aliphatic hydroxyl groups is 1. The zero-order chi connectivity index (χ0) is 25.3. The lowest BCUT2D eigenvalue weighted by molar-refractivity contribution is 0.0962. The highest BCUT2D eigenvalue weighted by Gasteiger charge is 2.40. The van der Waals surface area contributed by atoms with Gasteiger partial charge in [0.2, 0.25) is 0 Å². The molecule has 4 nitrogen and oxygen atoms in total. The van der Waals surface area contributed by atoms with E-state index in [9.17, 15) is 5.11 Å². The second kappa shape index (κ2) is 9.45. The van der Waals surface area contributed by atoms with Crippen molar-refractivity contribution in [1.82, 2.24) is 14.5 Å². The van der Waals surface area contributed by atoms with Crippen LogP contribution in [-0.4, -0.2) is 19.6 Å². The van der Waals surface area contributed by atoms with Gasteiger partial charge in [-0.1, -0.05) is 91.0 Å². The van der Waals surface area contributed by atoms with E-state index in [0.717, 1.165) is 53.6 Å². The lowest BCUT2D eigenvalue weighted by Gasteiger charge is -2.37. The summed E-state index contributed by atoms with van der Waals surface area (Å²) in [5, 5.41) is 12.0. The number of hydrogen-bond acceptors (Lipinski definition) is 3. The van der Waals surface area contributed by atoms with Crippen molar-refractivity contribution in [2.75, 3.05) is 0 Å². The maximum atomic E-state index is 12.0. The summed E-state index contributed by atoms with van der Waals surface area (Å²) in [5.41, 5.74) is 5.27. The highest BCUT2D eigenvalue weighted by atomic mass is 16.3. The van der Waals surface area contributed by atoms with Crippen LogP contribution in [-0.2, 0) is 24.0 Å². The van der Waals surface area contributed by atoms with E-state index in [0.29, 0.717) is 5.69 Å². The van der Waals surface area contributed by atoms with E-state index < -0.39 is 11.1 Å². The van der Waals surface area contributed by atoms with Crippen LogP contribution in [0, 0.1) is 0 Å². The first-order valence-electron chi connectivity index (χ1n) is 13.0. The molecular formula is C33H31N3O.